The van der Waals surface area contributed by atoms with Crippen LogP contribution in [0.2, 0.25) is 5.02 Å². The Kier molecular flexibility index (Phi) is 5.79. The highest BCUT2D eigenvalue weighted by atomic mass is 35.5. The summed E-state index contributed by atoms with van der Waals surface area (Å²) in [6.45, 7) is 7.37. The maximum absolute atomic E-state index is 13.7. The molecule has 138 valence electrons. The van der Waals surface area contributed by atoms with E-state index in [2.05, 4.69) is 17.1 Å². The van der Waals surface area contributed by atoms with Gasteiger partial charge >= 0.3 is 0 Å². The van der Waals surface area contributed by atoms with Gasteiger partial charge in [0.2, 0.25) is 0 Å². The van der Waals surface area contributed by atoms with Gasteiger partial charge < -0.3 is 15.1 Å². The van der Waals surface area contributed by atoms with Gasteiger partial charge in [-0.15, -0.1) is 0 Å². The number of piperazine rings is 1. The van der Waals surface area contributed by atoms with E-state index in [9.17, 15) is 9.18 Å². The van der Waals surface area contributed by atoms with E-state index >= 15 is 0 Å². The molecule has 0 spiro atoms. The number of carbonyl (C=O) groups is 1. The van der Waals surface area contributed by atoms with Crippen LogP contribution in [0.25, 0.3) is 0 Å². The lowest BCUT2D eigenvalue weighted by atomic mass is 10.1. The van der Waals surface area contributed by atoms with Crippen molar-refractivity contribution >= 4 is 28.9 Å². The minimum Gasteiger partial charge on any atom is -0.360 e. The fourth-order valence-electron chi connectivity index (χ4n) is 3.38. The van der Waals surface area contributed by atoms with E-state index in [-0.39, 0.29) is 17.6 Å². The minimum absolute atomic E-state index is 0.155. The first-order chi connectivity index (χ1) is 12.5. The highest BCUT2D eigenvalue weighted by Crippen LogP contribution is 2.24. The standard InChI is InChI=1S/C20H23ClFN3O/c1-14-7-8-16(21)13-19(14)25-11-9-24(10-12-25)15(2)20(26)23-18-6-4-3-5-17(18)22/h3-8,13,15H,9-12H2,1-2H3,(H,23,26)/p+1/t15-/m1/s1. The highest BCUT2D eigenvalue weighted by molar-refractivity contribution is 6.30. The summed E-state index contributed by atoms with van der Waals surface area (Å²) in [5.41, 5.74) is 2.58. The number of benzene rings is 2. The van der Waals surface area contributed by atoms with Crippen LogP contribution in [0, 0.1) is 12.7 Å². The summed E-state index contributed by atoms with van der Waals surface area (Å²) in [6.07, 6.45) is 0. The van der Waals surface area contributed by atoms with Gasteiger partial charge in [-0.3, -0.25) is 4.79 Å². The molecular weight excluding hydrogens is 353 g/mol. The van der Waals surface area contributed by atoms with E-state index in [1.807, 2.05) is 25.1 Å². The Hall–Kier alpha value is -2.11. The van der Waals surface area contributed by atoms with Crippen molar-refractivity contribution in [1.82, 2.24) is 0 Å². The number of nitrogens with zero attached hydrogens (tertiary/aromatic N) is 1. The molecule has 1 amide bonds. The second-order valence-electron chi connectivity index (χ2n) is 6.77. The van der Waals surface area contributed by atoms with Crippen LogP contribution in [0.5, 0.6) is 0 Å². The van der Waals surface area contributed by atoms with Gasteiger partial charge in [0.15, 0.2) is 6.04 Å². The van der Waals surface area contributed by atoms with E-state index in [0.717, 1.165) is 36.9 Å². The predicted molar refractivity (Wildman–Crippen MR) is 104 cm³/mol. The van der Waals surface area contributed by atoms with Gasteiger partial charge in [0.05, 0.1) is 31.9 Å². The Morgan fingerprint density at radius 3 is 2.62 bits per heavy atom. The summed E-state index contributed by atoms with van der Waals surface area (Å²) < 4.78 is 13.7. The number of anilines is 2. The number of rotatable bonds is 4. The Labute approximate surface area is 158 Å². The van der Waals surface area contributed by atoms with E-state index < -0.39 is 5.82 Å². The second-order valence-corrected chi connectivity index (χ2v) is 7.20. The largest absolute Gasteiger partial charge is 0.360 e. The van der Waals surface area contributed by atoms with Gasteiger partial charge in [-0.2, -0.15) is 0 Å². The fraction of sp³-hybridized carbons (Fsp3) is 0.350. The molecule has 3 rings (SSSR count). The van der Waals surface area contributed by atoms with Crippen molar-refractivity contribution < 1.29 is 14.1 Å². The van der Waals surface area contributed by atoms with Crippen molar-refractivity contribution in [3.05, 3.63) is 58.9 Å². The topological polar surface area (TPSA) is 36.8 Å². The van der Waals surface area contributed by atoms with Crippen molar-refractivity contribution in [1.29, 1.82) is 0 Å². The molecule has 1 saturated heterocycles. The molecule has 2 N–H and O–H groups in total. The molecule has 1 heterocycles. The van der Waals surface area contributed by atoms with Crippen LogP contribution >= 0.6 is 11.6 Å². The molecule has 6 heteroatoms. The molecule has 0 aromatic heterocycles. The molecule has 0 aliphatic carbocycles. The molecule has 2 aromatic rings. The van der Waals surface area contributed by atoms with Crippen LogP contribution in [0.3, 0.4) is 0 Å². The third kappa shape index (κ3) is 4.17. The van der Waals surface area contributed by atoms with Crippen molar-refractivity contribution in [2.45, 2.75) is 19.9 Å². The normalized spacial score (nSPS) is 16.4. The molecule has 0 saturated carbocycles. The highest BCUT2D eigenvalue weighted by Gasteiger charge is 2.30. The summed E-state index contributed by atoms with van der Waals surface area (Å²) in [5, 5.41) is 3.44. The number of hydrogen-bond acceptors (Lipinski definition) is 2. The molecule has 4 nitrogen and oxygen atoms in total. The molecule has 26 heavy (non-hydrogen) atoms. The molecular formula is C20H24ClFN3O+. The number of hydrogen-bond donors (Lipinski definition) is 2. The van der Waals surface area contributed by atoms with Crippen LogP contribution in [-0.4, -0.2) is 38.1 Å². The molecule has 1 aliphatic rings. The summed E-state index contributed by atoms with van der Waals surface area (Å²) in [5.74, 6) is -0.568. The smallest absolute Gasteiger partial charge is 0.282 e. The predicted octanol–water partition coefficient (Wildman–Crippen LogP) is 2.52. The van der Waals surface area contributed by atoms with E-state index in [1.165, 1.54) is 16.5 Å². The van der Waals surface area contributed by atoms with Gasteiger partial charge in [-0.25, -0.2) is 4.39 Å². The van der Waals surface area contributed by atoms with Gasteiger partial charge in [0, 0.05) is 10.7 Å². The maximum Gasteiger partial charge on any atom is 0.282 e. The Morgan fingerprint density at radius 2 is 1.92 bits per heavy atom. The monoisotopic (exact) mass is 376 g/mol. The first kappa shape index (κ1) is 18.7. The molecule has 0 radical (unpaired) electrons. The average Bonchev–Trinajstić information content (AvgIpc) is 2.65. The Balaban J connectivity index is 1.59. The summed E-state index contributed by atoms with van der Waals surface area (Å²) in [6, 6.07) is 11.9. The maximum atomic E-state index is 13.7. The first-order valence-corrected chi connectivity index (χ1v) is 9.24. The fourth-order valence-corrected chi connectivity index (χ4v) is 3.55. The third-order valence-corrected chi connectivity index (χ3v) is 5.29. The number of halogens is 2. The van der Waals surface area contributed by atoms with Crippen LogP contribution in [0.15, 0.2) is 42.5 Å². The Morgan fingerprint density at radius 1 is 1.23 bits per heavy atom. The average molecular weight is 377 g/mol. The van der Waals surface area contributed by atoms with Gasteiger partial charge in [-0.05, 0) is 43.7 Å². The van der Waals surface area contributed by atoms with E-state index in [0.29, 0.717) is 0 Å². The Bertz CT molecular complexity index is 790. The third-order valence-electron chi connectivity index (χ3n) is 5.05. The molecule has 1 atom stereocenters. The zero-order valence-electron chi connectivity index (χ0n) is 15.1. The molecule has 1 aliphatic heterocycles. The first-order valence-electron chi connectivity index (χ1n) is 8.87. The van der Waals surface area contributed by atoms with Crippen LogP contribution in [0.4, 0.5) is 15.8 Å². The van der Waals surface area contributed by atoms with Crippen LogP contribution in [-0.2, 0) is 4.79 Å². The summed E-state index contributed by atoms with van der Waals surface area (Å²) >= 11 is 6.13. The van der Waals surface area contributed by atoms with Crippen molar-refractivity contribution in [3.8, 4) is 0 Å². The van der Waals surface area contributed by atoms with Crippen LogP contribution in [0.1, 0.15) is 12.5 Å². The number of carbonyl (C=O) groups excluding carboxylic acids is 1. The number of para-hydroxylation sites is 1. The van der Waals surface area contributed by atoms with Crippen molar-refractivity contribution in [2.24, 2.45) is 0 Å². The lowest BCUT2D eigenvalue weighted by molar-refractivity contribution is -0.914. The lowest BCUT2D eigenvalue weighted by Gasteiger charge is -2.36. The number of quaternary nitrogens is 1. The van der Waals surface area contributed by atoms with Crippen molar-refractivity contribution in [3.63, 3.8) is 0 Å². The van der Waals surface area contributed by atoms with Gasteiger partial charge in [-0.1, -0.05) is 29.8 Å². The van der Waals surface area contributed by atoms with Crippen molar-refractivity contribution in [2.75, 3.05) is 36.4 Å². The minimum atomic E-state index is -0.413. The zero-order chi connectivity index (χ0) is 18.7. The SMILES string of the molecule is Cc1ccc(Cl)cc1N1CC[NH+]([C@H](C)C(=O)Nc2ccccc2F)CC1. The lowest BCUT2D eigenvalue weighted by Crippen LogP contribution is -3.19. The van der Waals surface area contributed by atoms with Gasteiger partial charge in [0.25, 0.3) is 5.91 Å². The number of nitrogens with one attached hydrogen (secondary N) is 2. The second kappa shape index (κ2) is 8.06. The molecule has 0 bridgehead atoms. The van der Waals surface area contributed by atoms with Gasteiger partial charge in [0.1, 0.15) is 5.82 Å². The van der Waals surface area contributed by atoms with Crippen LogP contribution < -0.4 is 15.1 Å². The summed E-state index contributed by atoms with van der Waals surface area (Å²) in [4.78, 5) is 16.0. The number of amides is 1. The molecule has 1 fully saturated rings. The zero-order valence-corrected chi connectivity index (χ0v) is 15.8. The molecule has 2 aromatic carbocycles. The quantitative estimate of drug-likeness (QED) is 0.860. The summed E-state index contributed by atoms with van der Waals surface area (Å²) in [7, 11) is 0. The van der Waals surface area contributed by atoms with E-state index in [4.69, 9.17) is 11.6 Å². The van der Waals surface area contributed by atoms with E-state index in [1.54, 1.807) is 18.2 Å². The number of aryl methyl sites for hydroxylation is 1. The molecule has 0 unspecified atom stereocenters.